The van der Waals surface area contributed by atoms with Crippen LogP contribution in [0, 0.1) is 6.92 Å². The Morgan fingerprint density at radius 1 is 1.47 bits per heavy atom. The Labute approximate surface area is 102 Å². The van der Waals surface area contributed by atoms with Crippen molar-refractivity contribution in [2.75, 3.05) is 17.6 Å². The van der Waals surface area contributed by atoms with Crippen LogP contribution in [0.3, 0.4) is 0 Å². The van der Waals surface area contributed by atoms with Crippen LogP contribution in [0.2, 0.25) is 0 Å². The highest BCUT2D eigenvalue weighted by Crippen LogP contribution is 2.15. The van der Waals surface area contributed by atoms with Gasteiger partial charge in [0.2, 0.25) is 5.91 Å². The molecule has 0 unspecified atom stereocenters. The Hall–Kier alpha value is -1.78. The number of anilines is 2. The molecule has 5 nitrogen and oxygen atoms in total. The summed E-state index contributed by atoms with van der Waals surface area (Å²) in [7, 11) is 0. The molecule has 0 saturated heterocycles. The van der Waals surface area contributed by atoms with E-state index in [9.17, 15) is 4.79 Å². The second kappa shape index (κ2) is 5.03. The first-order valence-electron chi connectivity index (χ1n) is 5.55. The van der Waals surface area contributed by atoms with E-state index in [-0.39, 0.29) is 18.0 Å². The number of carbonyl (C=O) groups is 1. The van der Waals surface area contributed by atoms with Gasteiger partial charge in [-0.05, 0) is 39.3 Å². The minimum absolute atomic E-state index is 0.0840. The quantitative estimate of drug-likeness (QED) is 0.739. The third kappa shape index (κ3) is 4.72. The van der Waals surface area contributed by atoms with Crippen molar-refractivity contribution in [2.24, 2.45) is 0 Å². The van der Waals surface area contributed by atoms with Crippen LogP contribution in [0.25, 0.3) is 0 Å². The molecule has 1 aromatic heterocycles. The van der Waals surface area contributed by atoms with Gasteiger partial charge in [0.25, 0.3) is 0 Å². The number of carbonyl (C=O) groups excluding carboxylic acids is 1. The van der Waals surface area contributed by atoms with Crippen molar-refractivity contribution in [1.29, 1.82) is 0 Å². The molecule has 94 valence electrons. The first kappa shape index (κ1) is 13.3. The van der Waals surface area contributed by atoms with Gasteiger partial charge in [-0.1, -0.05) is 0 Å². The van der Waals surface area contributed by atoms with Gasteiger partial charge in [0, 0.05) is 11.7 Å². The number of nitrogen functional groups attached to an aromatic ring is 1. The van der Waals surface area contributed by atoms with E-state index < -0.39 is 0 Å². The van der Waals surface area contributed by atoms with E-state index in [0.717, 1.165) is 5.56 Å². The van der Waals surface area contributed by atoms with Crippen molar-refractivity contribution >= 4 is 17.4 Å². The Bertz CT molecular complexity index is 409. The predicted molar refractivity (Wildman–Crippen MR) is 69.8 cm³/mol. The molecule has 0 aromatic carbocycles. The third-order valence-electron chi connectivity index (χ3n) is 1.98. The number of aromatic nitrogens is 1. The van der Waals surface area contributed by atoms with Crippen LogP contribution in [0.4, 0.5) is 11.5 Å². The molecule has 1 amide bonds. The van der Waals surface area contributed by atoms with E-state index in [0.29, 0.717) is 11.5 Å². The molecule has 5 heteroatoms. The molecule has 1 aromatic rings. The molecule has 0 atom stereocenters. The summed E-state index contributed by atoms with van der Waals surface area (Å²) in [5.41, 5.74) is 7.09. The van der Waals surface area contributed by atoms with Crippen molar-refractivity contribution < 1.29 is 4.79 Å². The minimum Gasteiger partial charge on any atom is -0.396 e. The molecule has 0 aliphatic carbocycles. The molecule has 0 radical (unpaired) electrons. The van der Waals surface area contributed by atoms with Crippen LogP contribution < -0.4 is 16.4 Å². The summed E-state index contributed by atoms with van der Waals surface area (Å²) >= 11 is 0. The largest absolute Gasteiger partial charge is 0.396 e. The Kier molecular flexibility index (Phi) is 3.93. The molecule has 0 fully saturated rings. The third-order valence-corrected chi connectivity index (χ3v) is 1.98. The van der Waals surface area contributed by atoms with Crippen molar-refractivity contribution in [3.63, 3.8) is 0 Å². The maximum Gasteiger partial charge on any atom is 0.239 e. The van der Waals surface area contributed by atoms with Gasteiger partial charge in [0.15, 0.2) is 0 Å². The molecule has 0 bridgehead atoms. The molecule has 0 spiro atoms. The number of hydrogen-bond acceptors (Lipinski definition) is 4. The van der Waals surface area contributed by atoms with E-state index in [1.807, 2.05) is 33.8 Å². The first-order chi connectivity index (χ1) is 7.78. The summed E-state index contributed by atoms with van der Waals surface area (Å²) in [6.45, 7) is 7.88. The number of hydrogen-bond donors (Lipinski definition) is 3. The Morgan fingerprint density at radius 3 is 2.65 bits per heavy atom. The number of amides is 1. The minimum atomic E-state index is -0.231. The van der Waals surface area contributed by atoms with Gasteiger partial charge >= 0.3 is 0 Å². The second-order valence-electron chi connectivity index (χ2n) is 5.10. The number of nitrogens with two attached hydrogens (primary N) is 1. The van der Waals surface area contributed by atoms with Crippen LogP contribution in [-0.4, -0.2) is 23.0 Å². The normalized spacial score (nSPS) is 11.1. The van der Waals surface area contributed by atoms with Crippen molar-refractivity contribution in [1.82, 2.24) is 10.3 Å². The van der Waals surface area contributed by atoms with Gasteiger partial charge in [-0.2, -0.15) is 0 Å². The van der Waals surface area contributed by atoms with Gasteiger partial charge in [0.1, 0.15) is 5.82 Å². The topological polar surface area (TPSA) is 80.0 Å². The van der Waals surface area contributed by atoms with Gasteiger partial charge in [0.05, 0.1) is 12.2 Å². The molecule has 0 saturated carbocycles. The smallest absolute Gasteiger partial charge is 0.239 e. The Balaban J connectivity index is 2.53. The van der Waals surface area contributed by atoms with Crippen LogP contribution >= 0.6 is 0 Å². The Morgan fingerprint density at radius 2 is 2.12 bits per heavy atom. The van der Waals surface area contributed by atoms with Gasteiger partial charge in [-0.15, -0.1) is 0 Å². The highest BCUT2D eigenvalue weighted by atomic mass is 16.2. The van der Waals surface area contributed by atoms with E-state index >= 15 is 0 Å². The van der Waals surface area contributed by atoms with E-state index in [1.165, 1.54) is 0 Å². The standard InChI is InChI=1S/C12H20N4O/c1-8-5-9(13)11(14-6-8)15-7-10(17)16-12(2,3)4/h5-6H,7,13H2,1-4H3,(H,14,15)(H,16,17). The number of nitrogens with one attached hydrogen (secondary N) is 2. The lowest BCUT2D eigenvalue weighted by Crippen LogP contribution is -2.43. The molecule has 1 heterocycles. The van der Waals surface area contributed by atoms with Gasteiger partial charge < -0.3 is 16.4 Å². The molecular formula is C12H20N4O. The zero-order valence-electron chi connectivity index (χ0n) is 10.8. The second-order valence-corrected chi connectivity index (χ2v) is 5.10. The van der Waals surface area contributed by atoms with Crippen LogP contribution in [-0.2, 0) is 4.79 Å². The molecule has 0 aliphatic rings. The molecule has 0 aliphatic heterocycles. The summed E-state index contributed by atoms with van der Waals surface area (Å²) in [4.78, 5) is 15.7. The maximum atomic E-state index is 11.6. The number of aryl methyl sites for hydroxylation is 1. The molecule has 1 rings (SSSR count). The highest BCUT2D eigenvalue weighted by Gasteiger charge is 2.13. The SMILES string of the molecule is Cc1cnc(NCC(=O)NC(C)(C)C)c(N)c1. The lowest BCUT2D eigenvalue weighted by Gasteiger charge is -2.20. The van der Waals surface area contributed by atoms with Gasteiger partial charge in [-0.3, -0.25) is 4.79 Å². The summed E-state index contributed by atoms with van der Waals surface area (Å²) in [6.07, 6.45) is 1.71. The fraction of sp³-hybridized carbons (Fsp3) is 0.500. The summed E-state index contributed by atoms with van der Waals surface area (Å²) in [5, 5.41) is 5.76. The van der Waals surface area contributed by atoms with Crippen LogP contribution in [0.5, 0.6) is 0 Å². The molecule has 17 heavy (non-hydrogen) atoms. The summed E-state index contributed by atoms with van der Waals surface area (Å²) < 4.78 is 0. The number of rotatable bonds is 3. The van der Waals surface area contributed by atoms with Crippen molar-refractivity contribution in [3.05, 3.63) is 17.8 Å². The number of pyridine rings is 1. The molecular weight excluding hydrogens is 216 g/mol. The lowest BCUT2D eigenvalue weighted by atomic mass is 10.1. The molecule has 4 N–H and O–H groups in total. The highest BCUT2D eigenvalue weighted by molar-refractivity contribution is 5.82. The van der Waals surface area contributed by atoms with E-state index in [4.69, 9.17) is 5.73 Å². The van der Waals surface area contributed by atoms with Crippen LogP contribution in [0.15, 0.2) is 12.3 Å². The summed E-state index contributed by atoms with van der Waals surface area (Å²) in [5.74, 6) is 0.457. The first-order valence-corrected chi connectivity index (χ1v) is 5.55. The fourth-order valence-corrected chi connectivity index (χ4v) is 1.37. The van der Waals surface area contributed by atoms with E-state index in [1.54, 1.807) is 6.20 Å². The van der Waals surface area contributed by atoms with Crippen molar-refractivity contribution in [3.8, 4) is 0 Å². The summed E-state index contributed by atoms with van der Waals surface area (Å²) in [6, 6.07) is 1.82. The maximum absolute atomic E-state index is 11.6. The number of nitrogens with zero attached hydrogens (tertiary/aromatic N) is 1. The monoisotopic (exact) mass is 236 g/mol. The average Bonchev–Trinajstić information content (AvgIpc) is 2.13. The van der Waals surface area contributed by atoms with Crippen molar-refractivity contribution in [2.45, 2.75) is 33.2 Å². The average molecular weight is 236 g/mol. The zero-order valence-corrected chi connectivity index (χ0v) is 10.8. The van der Waals surface area contributed by atoms with E-state index in [2.05, 4.69) is 15.6 Å². The fourth-order valence-electron chi connectivity index (χ4n) is 1.37. The lowest BCUT2D eigenvalue weighted by molar-refractivity contribution is -0.120. The predicted octanol–water partition coefficient (Wildman–Crippen LogP) is 1.30. The van der Waals surface area contributed by atoms with Crippen LogP contribution in [0.1, 0.15) is 26.3 Å². The zero-order chi connectivity index (χ0) is 13.1. The van der Waals surface area contributed by atoms with Gasteiger partial charge in [-0.25, -0.2) is 4.98 Å².